The van der Waals surface area contributed by atoms with E-state index in [4.69, 9.17) is 5.11 Å². The van der Waals surface area contributed by atoms with Crippen molar-refractivity contribution in [3.05, 3.63) is 35.4 Å². The zero-order valence-electron chi connectivity index (χ0n) is 16.5. The van der Waals surface area contributed by atoms with Gasteiger partial charge in [-0.25, -0.2) is 4.79 Å². The molecule has 1 atom stereocenters. The molecule has 0 heterocycles. The van der Waals surface area contributed by atoms with Crippen LogP contribution in [0.25, 0.3) is 0 Å². The Morgan fingerprint density at radius 1 is 1.25 bits per heavy atom. The van der Waals surface area contributed by atoms with Crippen molar-refractivity contribution in [1.29, 1.82) is 0 Å². The molecule has 3 rings (SSSR count). The fraction of sp³-hybridized carbons (Fsp3) is 0.619. The van der Waals surface area contributed by atoms with Crippen LogP contribution in [0.15, 0.2) is 24.3 Å². The molecule has 1 saturated carbocycles. The first-order valence-electron chi connectivity index (χ1n) is 10.2. The number of urea groups is 1. The van der Waals surface area contributed by atoms with Crippen molar-refractivity contribution in [3.63, 3.8) is 0 Å². The SMILES string of the molecule is CCN(CC(=O)O)C1CC(NC(=O)N(CCCO)C2CCc3ccccc32)C1. The molecule has 3 N–H and O–H groups in total. The number of aliphatic hydroxyl groups is 1. The van der Waals surface area contributed by atoms with E-state index in [1.807, 2.05) is 28.9 Å². The van der Waals surface area contributed by atoms with Gasteiger partial charge < -0.3 is 20.4 Å². The Labute approximate surface area is 166 Å². The van der Waals surface area contributed by atoms with Gasteiger partial charge >= 0.3 is 12.0 Å². The van der Waals surface area contributed by atoms with Crippen LogP contribution in [-0.2, 0) is 11.2 Å². The second kappa shape index (κ2) is 9.39. The Balaban J connectivity index is 1.59. The lowest BCUT2D eigenvalue weighted by Crippen LogP contribution is -2.57. The molecule has 0 bridgehead atoms. The number of hydrogen-bond donors (Lipinski definition) is 3. The first-order chi connectivity index (χ1) is 13.5. The predicted molar refractivity (Wildman–Crippen MR) is 106 cm³/mol. The standard InChI is InChI=1S/C21H31N3O4/c1-2-23(14-20(26)27)17-12-16(13-17)22-21(28)24(10-5-11-25)19-9-8-15-6-3-4-7-18(15)19/h3-4,6-7,16-17,19,25H,2,5,8-14H2,1H3,(H,22,28)(H,26,27). The van der Waals surface area contributed by atoms with Gasteiger partial charge in [0, 0.05) is 25.2 Å². The number of amides is 2. The number of nitrogens with one attached hydrogen (secondary N) is 1. The minimum atomic E-state index is -0.815. The van der Waals surface area contributed by atoms with E-state index in [-0.39, 0.29) is 37.3 Å². The summed E-state index contributed by atoms with van der Waals surface area (Å²) in [6, 6.07) is 8.52. The van der Waals surface area contributed by atoms with Crippen molar-refractivity contribution in [2.45, 2.75) is 57.2 Å². The maximum atomic E-state index is 13.0. The highest BCUT2D eigenvalue weighted by atomic mass is 16.4. The number of aliphatic carboxylic acids is 1. The Morgan fingerprint density at radius 3 is 2.68 bits per heavy atom. The van der Waals surface area contributed by atoms with E-state index in [0.717, 1.165) is 25.7 Å². The maximum absolute atomic E-state index is 13.0. The van der Waals surface area contributed by atoms with E-state index in [0.29, 0.717) is 19.5 Å². The van der Waals surface area contributed by atoms with Crippen LogP contribution in [0.3, 0.4) is 0 Å². The smallest absolute Gasteiger partial charge is 0.318 e. The van der Waals surface area contributed by atoms with Crippen LogP contribution >= 0.6 is 0 Å². The third-order valence-electron chi connectivity index (χ3n) is 6.00. The lowest BCUT2D eigenvalue weighted by atomic mass is 9.85. The Bertz CT molecular complexity index is 690. The van der Waals surface area contributed by atoms with Gasteiger partial charge in [-0.15, -0.1) is 0 Å². The summed E-state index contributed by atoms with van der Waals surface area (Å²) < 4.78 is 0. The van der Waals surface area contributed by atoms with Gasteiger partial charge in [0.25, 0.3) is 0 Å². The van der Waals surface area contributed by atoms with Crippen molar-refractivity contribution < 1.29 is 19.8 Å². The lowest BCUT2D eigenvalue weighted by molar-refractivity contribution is -0.139. The predicted octanol–water partition coefficient (Wildman–Crippen LogP) is 2.01. The van der Waals surface area contributed by atoms with Gasteiger partial charge in [0.2, 0.25) is 0 Å². The van der Waals surface area contributed by atoms with Gasteiger partial charge in [-0.3, -0.25) is 9.69 Å². The summed E-state index contributed by atoms with van der Waals surface area (Å²) in [5.41, 5.74) is 2.51. The third-order valence-corrected chi connectivity index (χ3v) is 6.00. The monoisotopic (exact) mass is 389 g/mol. The summed E-state index contributed by atoms with van der Waals surface area (Å²) in [7, 11) is 0. The summed E-state index contributed by atoms with van der Waals surface area (Å²) in [5, 5.41) is 21.4. The molecule has 0 aromatic heterocycles. The molecule has 0 spiro atoms. The second-order valence-corrected chi connectivity index (χ2v) is 7.75. The Kier molecular flexibility index (Phi) is 6.91. The quantitative estimate of drug-likeness (QED) is 0.601. The molecule has 1 unspecified atom stereocenters. The van der Waals surface area contributed by atoms with Gasteiger partial charge in [0.1, 0.15) is 0 Å². The van der Waals surface area contributed by atoms with Crippen molar-refractivity contribution in [2.24, 2.45) is 0 Å². The van der Waals surface area contributed by atoms with Gasteiger partial charge in [-0.1, -0.05) is 31.2 Å². The summed E-state index contributed by atoms with van der Waals surface area (Å²) in [6.45, 7) is 3.29. The number of carbonyl (C=O) groups is 2. The van der Waals surface area contributed by atoms with Crippen molar-refractivity contribution in [2.75, 3.05) is 26.2 Å². The maximum Gasteiger partial charge on any atom is 0.318 e. The zero-order chi connectivity index (χ0) is 20.1. The van der Waals surface area contributed by atoms with Gasteiger partial charge in [0.15, 0.2) is 0 Å². The minimum absolute atomic E-state index is 0.0450. The minimum Gasteiger partial charge on any atom is -0.480 e. The van der Waals surface area contributed by atoms with E-state index in [1.165, 1.54) is 11.1 Å². The number of likely N-dealkylation sites (N-methyl/N-ethyl adjacent to an activating group) is 1. The molecule has 0 radical (unpaired) electrons. The highest BCUT2D eigenvalue weighted by Gasteiger charge is 2.37. The molecule has 0 saturated heterocycles. The number of aryl methyl sites for hydroxylation is 1. The zero-order valence-corrected chi connectivity index (χ0v) is 16.5. The molecule has 7 nitrogen and oxygen atoms in total. The molecule has 28 heavy (non-hydrogen) atoms. The lowest BCUT2D eigenvalue weighted by Gasteiger charge is -2.43. The molecule has 1 aromatic rings. The van der Waals surface area contributed by atoms with Crippen LogP contribution in [0.5, 0.6) is 0 Å². The molecular weight excluding hydrogens is 358 g/mol. The van der Waals surface area contributed by atoms with Crippen LogP contribution in [0.1, 0.15) is 49.8 Å². The highest BCUT2D eigenvalue weighted by Crippen LogP contribution is 2.36. The molecule has 2 amide bonds. The topological polar surface area (TPSA) is 93.1 Å². The molecule has 0 aliphatic heterocycles. The van der Waals surface area contributed by atoms with Gasteiger partial charge in [-0.05, 0) is 49.8 Å². The van der Waals surface area contributed by atoms with Crippen molar-refractivity contribution in [3.8, 4) is 0 Å². The van der Waals surface area contributed by atoms with Gasteiger partial charge in [0.05, 0.1) is 12.6 Å². The number of carbonyl (C=O) groups excluding carboxylic acids is 1. The number of hydrogen-bond acceptors (Lipinski definition) is 4. The average Bonchev–Trinajstić information content (AvgIpc) is 3.07. The van der Waals surface area contributed by atoms with Gasteiger partial charge in [-0.2, -0.15) is 0 Å². The fourth-order valence-electron chi connectivity index (χ4n) is 4.43. The largest absolute Gasteiger partial charge is 0.480 e. The van der Waals surface area contributed by atoms with Crippen molar-refractivity contribution >= 4 is 12.0 Å². The summed E-state index contributed by atoms with van der Waals surface area (Å²) in [6.07, 6.45) is 4.00. The third kappa shape index (κ3) is 4.64. The fourth-order valence-corrected chi connectivity index (χ4v) is 4.43. The number of nitrogens with zero attached hydrogens (tertiary/aromatic N) is 2. The van der Waals surface area contributed by atoms with Crippen LogP contribution in [0.2, 0.25) is 0 Å². The average molecular weight is 389 g/mol. The summed E-state index contributed by atoms with van der Waals surface area (Å²) in [4.78, 5) is 27.8. The number of benzene rings is 1. The summed E-state index contributed by atoms with van der Waals surface area (Å²) in [5.74, 6) is -0.815. The summed E-state index contributed by atoms with van der Waals surface area (Å²) >= 11 is 0. The highest BCUT2D eigenvalue weighted by molar-refractivity contribution is 5.75. The van der Waals surface area contributed by atoms with E-state index in [9.17, 15) is 14.7 Å². The van der Waals surface area contributed by atoms with Crippen LogP contribution in [0.4, 0.5) is 4.79 Å². The molecule has 1 fully saturated rings. The van der Waals surface area contributed by atoms with Crippen LogP contribution in [-0.4, -0.2) is 70.3 Å². The second-order valence-electron chi connectivity index (χ2n) is 7.75. The van der Waals surface area contributed by atoms with E-state index < -0.39 is 5.97 Å². The molecule has 154 valence electrons. The van der Waals surface area contributed by atoms with Crippen molar-refractivity contribution in [1.82, 2.24) is 15.1 Å². The molecule has 2 aliphatic rings. The van der Waals surface area contributed by atoms with E-state index in [1.54, 1.807) is 0 Å². The van der Waals surface area contributed by atoms with E-state index >= 15 is 0 Å². The Hall–Kier alpha value is -2.12. The molecule has 1 aromatic carbocycles. The number of carboxylic acid groups (broad SMARTS) is 1. The number of fused-ring (bicyclic) bond motifs is 1. The molecule has 7 heteroatoms. The number of rotatable bonds is 9. The first kappa shape index (κ1) is 20.6. The molecule has 2 aliphatic carbocycles. The molecular formula is C21H31N3O4. The van der Waals surface area contributed by atoms with Crippen LogP contribution in [0, 0.1) is 0 Å². The normalized spacial score (nSPS) is 23.2. The first-order valence-corrected chi connectivity index (χ1v) is 10.2. The van der Waals surface area contributed by atoms with Crippen LogP contribution < -0.4 is 5.32 Å². The Morgan fingerprint density at radius 2 is 2.00 bits per heavy atom. The van der Waals surface area contributed by atoms with E-state index in [2.05, 4.69) is 17.4 Å². The number of carboxylic acids is 1. The number of aliphatic hydroxyl groups excluding tert-OH is 1.